The molecule has 1 aliphatic heterocycles. The standard InChI is InChI=1S/C32H34O5S/c1-4-32(2,3)31(34)37-29-25-19-24-26(30(33)36-28(24)29)27(25)35-20-15-17-23(18-16-20)38(21-11-7-5-8-12-21)22-13-9-6-10-14-22/h5-18,24-29,38H,4,19H2,1-3H3. The molecule has 2 bridgehead atoms. The minimum Gasteiger partial charge on any atom is -0.489 e. The first-order valence-electron chi connectivity index (χ1n) is 13.5. The Bertz CT molecular complexity index is 1270. The Morgan fingerprint density at radius 3 is 2.03 bits per heavy atom. The minimum absolute atomic E-state index is 0.0447. The molecule has 3 aromatic carbocycles. The van der Waals surface area contributed by atoms with Crippen molar-refractivity contribution in [1.29, 1.82) is 0 Å². The van der Waals surface area contributed by atoms with E-state index in [0.29, 0.717) is 6.42 Å². The van der Waals surface area contributed by atoms with Gasteiger partial charge in [0, 0.05) is 11.8 Å². The first-order valence-corrected chi connectivity index (χ1v) is 14.8. The maximum atomic E-state index is 12.9. The van der Waals surface area contributed by atoms with Crippen LogP contribution in [0.4, 0.5) is 0 Å². The van der Waals surface area contributed by atoms with Gasteiger partial charge in [-0.15, -0.1) is 0 Å². The van der Waals surface area contributed by atoms with Crippen LogP contribution in [0.2, 0.25) is 0 Å². The van der Waals surface area contributed by atoms with Crippen molar-refractivity contribution in [2.24, 2.45) is 23.2 Å². The highest BCUT2D eigenvalue weighted by molar-refractivity contribution is 8.17. The van der Waals surface area contributed by atoms with Gasteiger partial charge in [-0.2, -0.15) is 10.9 Å². The Balaban J connectivity index is 1.24. The maximum Gasteiger partial charge on any atom is 0.313 e. The molecule has 0 radical (unpaired) electrons. The molecule has 6 heteroatoms. The first kappa shape index (κ1) is 25.1. The van der Waals surface area contributed by atoms with Crippen molar-refractivity contribution in [2.75, 3.05) is 0 Å². The van der Waals surface area contributed by atoms with Gasteiger partial charge in [0.1, 0.15) is 30.0 Å². The van der Waals surface area contributed by atoms with Crippen LogP contribution in [0.15, 0.2) is 99.6 Å². The smallest absolute Gasteiger partial charge is 0.313 e. The Morgan fingerprint density at radius 1 is 0.868 bits per heavy atom. The van der Waals surface area contributed by atoms with E-state index in [1.807, 2.05) is 45.0 Å². The summed E-state index contributed by atoms with van der Waals surface area (Å²) in [5, 5.41) is 0. The number of hydrogen-bond acceptors (Lipinski definition) is 5. The fourth-order valence-electron chi connectivity index (χ4n) is 6.10. The van der Waals surface area contributed by atoms with Crippen molar-refractivity contribution in [2.45, 2.75) is 66.6 Å². The van der Waals surface area contributed by atoms with E-state index in [2.05, 4.69) is 60.7 Å². The van der Waals surface area contributed by atoms with E-state index in [-0.39, 0.29) is 41.9 Å². The number of rotatable bonds is 8. The van der Waals surface area contributed by atoms with Crippen LogP contribution < -0.4 is 4.74 Å². The van der Waals surface area contributed by atoms with E-state index >= 15 is 0 Å². The summed E-state index contributed by atoms with van der Waals surface area (Å²) in [5.41, 5.74) is -0.577. The van der Waals surface area contributed by atoms with Gasteiger partial charge in [0.05, 0.1) is 5.41 Å². The zero-order valence-corrected chi connectivity index (χ0v) is 22.8. The van der Waals surface area contributed by atoms with Crippen LogP contribution in [0.1, 0.15) is 33.6 Å². The van der Waals surface area contributed by atoms with Crippen molar-refractivity contribution >= 4 is 22.8 Å². The van der Waals surface area contributed by atoms with E-state index in [1.54, 1.807) is 0 Å². The molecule has 0 amide bonds. The summed E-state index contributed by atoms with van der Waals surface area (Å²) in [6.07, 6.45) is 0.303. The molecule has 6 rings (SSSR count). The van der Waals surface area contributed by atoms with Crippen LogP contribution >= 0.6 is 10.9 Å². The van der Waals surface area contributed by atoms with E-state index in [9.17, 15) is 9.59 Å². The maximum absolute atomic E-state index is 12.9. The largest absolute Gasteiger partial charge is 0.489 e. The summed E-state index contributed by atoms with van der Waals surface area (Å²) in [5.74, 6) is -0.0570. The average Bonchev–Trinajstić information content (AvgIpc) is 3.55. The van der Waals surface area contributed by atoms with Gasteiger partial charge in [0.15, 0.2) is 0 Å². The number of ether oxygens (including phenoxy) is 3. The third-order valence-electron chi connectivity index (χ3n) is 8.55. The van der Waals surface area contributed by atoms with Crippen molar-refractivity contribution in [3.63, 3.8) is 0 Å². The van der Waals surface area contributed by atoms with Crippen molar-refractivity contribution in [1.82, 2.24) is 0 Å². The van der Waals surface area contributed by atoms with E-state index in [0.717, 1.165) is 12.2 Å². The van der Waals surface area contributed by atoms with Gasteiger partial charge in [-0.3, -0.25) is 9.59 Å². The summed E-state index contributed by atoms with van der Waals surface area (Å²) in [6.45, 7) is 5.76. The Kier molecular flexibility index (Phi) is 6.47. The zero-order chi connectivity index (χ0) is 26.4. The van der Waals surface area contributed by atoms with Gasteiger partial charge in [0.25, 0.3) is 0 Å². The molecule has 6 atom stereocenters. The first-order chi connectivity index (χ1) is 18.4. The summed E-state index contributed by atoms with van der Waals surface area (Å²) < 4.78 is 18.2. The summed E-state index contributed by atoms with van der Waals surface area (Å²) in [7, 11) is -0.708. The van der Waals surface area contributed by atoms with E-state index in [1.165, 1.54) is 14.7 Å². The second-order valence-electron chi connectivity index (χ2n) is 11.2. The molecule has 3 aromatic rings. The monoisotopic (exact) mass is 530 g/mol. The predicted molar refractivity (Wildman–Crippen MR) is 146 cm³/mol. The van der Waals surface area contributed by atoms with Gasteiger partial charge in [-0.05, 0) is 89.9 Å². The SMILES string of the molecule is CCC(C)(C)C(=O)OC1C2CC3C1OC(=O)C3C2Oc1ccc([SH](c2ccccc2)c2ccccc2)cc1. The number of esters is 2. The Morgan fingerprint density at radius 2 is 1.45 bits per heavy atom. The molecule has 3 aliphatic rings. The van der Waals surface area contributed by atoms with Crippen LogP contribution in [0, 0.1) is 23.2 Å². The van der Waals surface area contributed by atoms with Crippen LogP contribution in [-0.4, -0.2) is 30.3 Å². The zero-order valence-electron chi connectivity index (χ0n) is 21.9. The van der Waals surface area contributed by atoms with Gasteiger partial charge in [-0.1, -0.05) is 43.3 Å². The van der Waals surface area contributed by atoms with E-state index < -0.39 is 22.4 Å². The highest BCUT2D eigenvalue weighted by atomic mass is 32.2. The number of thiol groups is 1. The van der Waals surface area contributed by atoms with Crippen LogP contribution in [0.5, 0.6) is 5.75 Å². The van der Waals surface area contributed by atoms with Gasteiger partial charge >= 0.3 is 11.9 Å². The number of fused-ring (bicyclic) bond motifs is 1. The molecule has 1 heterocycles. The normalized spacial score (nSPS) is 27.7. The number of benzene rings is 3. The third-order valence-corrected chi connectivity index (χ3v) is 11.0. The van der Waals surface area contributed by atoms with Crippen LogP contribution in [0.3, 0.4) is 0 Å². The molecule has 1 saturated heterocycles. The quantitative estimate of drug-likeness (QED) is 0.268. The number of hydrogen-bond donors (Lipinski definition) is 1. The summed E-state index contributed by atoms with van der Waals surface area (Å²) >= 11 is 0. The second kappa shape index (κ2) is 9.81. The molecule has 198 valence electrons. The minimum atomic E-state index is -0.708. The average molecular weight is 531 g/mol. The lowest BCUT2D eigenvalue weighted by Gasteiger charge is -2.33. The number of carbonyl (C=O) groups is 2. The molecule has 0 spiro atoms. The molecule has 2 aliphatic carbocycles. The third kappa shape index (κ3) is 4.29. The Hall–Kier alpha value is -3.25. The van der Waals surface area contributed by atoms with Crippen molar-refractivity contribution in [3.8, 4) is 5.75 Å². The van der Waals surface area contributed by atoms with Gasteiger partial charge in [-0.25, -0.2) is 0 Å². The van der Waals surface area contributed by atoms with Crippen molar-refractivity contribution < 1.29 is 23.8 Å². The molecular weight excluding hydrogens is 496 g/mol. The van der Waals surface area contributed by atoms with Gasteiger partial charge in [0.2, 0.25) is 0 Å². The lowest BCUT2D eigenvalue weighted by Crippen LogP contribution is -2.46. The summed E-state index contributed by atoms with van der Waals surface area (Å²) in [6, 6.07) is 29.4. The summed E-state index contributed by atoms with van der Waals surface area (Å²) in [4.78, 5) is 29.5. The van der Waals surface area contributed by atoms with Crippen LogP contribution in [0.25, 0.3) is 0 Å². The number of carbonyl (C=O) groups excluding carboxylic acids is 2. The highest BCUT2D eigenvalue weighted by Gasteiger charge is 2.69. The second-order valence-corrected chi connectivity index (χ2v) is 13.4. The molecule has 0 N–H and O–H groups in total. The molecule has 5 nitrogen and oxygen atoms in total. The molecule has 0 aromatic heterocycles. The Labute approximate surface area is 226 Å². The topological polar surface area (TPSA) is 61.8 Å². The molecule has 2 saturated carbocycles. The van der Waals surface area contributed by atoms with Crippen LogP contribution in [-0.2, 0) is 19.1 Å². The molecular formula is C32H34O5S. The molecule has 38 heavy (non-hydrogen) atoms. The van der Waals surface area contributed by atoms with Gasteiger partial charge < -0.3 is 14.2 Å². The fraction of sp³-hybridized carbons (Fsp3) is 0.375. The van der Waals surface area contributed by atoms with E-state index in [4.69, 9.17) is 14.2 Å². The molecule has 3 fully saturated rings. The fourth-order valence-corrected chi connectivity index (χ4v) is 8.38. The van der Waals surface area contributed by atoms with Crippen molar-refractivity contribution in [3.05, 3.63) is 84.9 Å². The predicted octanol–water partition coefficient (Wildman–Crippen LogP) is 6.45. The lowest BCUT2D eigenvalue weighted by molar-refractivity contribution is -0.172. The highest BCUT2D eigenvalue weighted by Crippen LogP contribution is 2.57. The lowest BCUT2D eigenvalue weighted by atomic mass is 9.84. The molecule has 6 unspecified atom stereocenters.